The highest BCUT2D eigenvalue weighted by Crippen LogP contribution is 2.22. The largest absolute Gasteiger partial charge is 0.323 e. The Morgan fingerprint density at radius 1 is 1.44 bits per heavy atom. The van der Waals surface area contributed by atoms with E-state index in [1.807, 2.05) is 10.8 Å². The van der Waals surface area contributed by atoms with E-state index in [1.165, 1.54) is 6.07 Å². The quantitative estimate of drug-likeness (QED) is 0.917. The Kier molecular flexibility index (Phi) is 4.01. The molecular formula is C13H15BrFN3. The minimum Gasteiger partial charge on any atom is -0.323 e. The molecule has 18 heavy (non-hydrogen) atoms. The number of anilines is 2. The summed E-state index contributed by atoms with van der Waals surface area (Å²) in [7, 11) is 0. The Labute approximate surface area is 114 Å². The van der Waals surface area contributed by atoms with Gasteiger partial charge in [-0.1, -0.05) is 29.8 Å². The van der Waals surface area contributed by atoms with E-state index in [2.05, 4.69) is 40.1 Å². The van der Waals surface area contributed by atoms with Crippen LogP contribution in [0.25, 0.3) is 0 Å². The lowest BCUT2D eigenvalue weighted by molar-refractivity contribution is 0.527. The van der Waals surface area contributed by atoms with E-state index < -0.39 is 0 Å². The van der Waals surface area contributed by atoms with Crippen LogP contribution in [0, 0.1) is 11.7 Å². The van der Waals surface area contributed by atoms with Gasteiger partial charge in [0.25, 0.3) is 0 Å². The van der Waals surface area contributed by atoms with Crippen LogP contribution in [0.4, 0.5) is 16.0 Å². The first-order valence-corrected chi connectivity index (χ1v) is 6.59. The Balaban J connectivity index is 2.21. The van der Waals surface area contributed by atoms with Gasteiger partial charge in [-0.2, -0.15) is 0 Å². The number of aromatic nitrogens is 2. The maximum atomic E-state index is 13.7. The minimum absolute atomic E-state index is 0.302. The van der Waals surface area contributed by atoms with Gasteiger partial charge in [0.2, 0.25) is 5.95 Å². The fourth-order valence-electron chi connectivity index (χ4n) is 1.69. The number of benzene rings is 1. The summed E-state index contributed by atoms with van der Waals surface area (Å²) in [4.78, 5) is 4.20. The fraction of sp³-hybridized carbons (Fsp3) is 0.308. The van der Waals surface area contributed by atoms with Crippen molar-refractivity contribution >= 4 is 27.6 Å². The molecule has 1 heterocycles. The third kappa shape index (κ3) is 3.10. The van der Waals surface area contributed by atoms with Gasteiger partial charge >= 0.3 is 0 Å². The van der Waals surface area contributed by atoms with Crippen molar-refractivity contribution in [2.75, 3.05) is 5.32 Å². The number of nitrogens with zero attached hydrogens (tertiary/aromatic N) is 2. The van der Waals surface area contributed by atoms with Gasteiger partial charge in [0, 0.05) is 23.4 Å². The van der Waals surface area contributed by atoms with Gasteiger partial charge < -0.3 is 9.88 Å². The average Bonchev–Trinajstić information content (AvgIpc) is 2.69. The van der Waals surface area contributed by atoms with Gasteiger partial charge in [-0.15, -0.1) is 0 Å². The molecule has 1 aromatic carbocycles. The lowest BCUT2D eigenvalue weighted by atomic mass is 10.2. The van der Waals surface area contributed by atoms with Crippen LogP contribution in [0.5, 0.6) is 0 Å². The predicted molar refractivity (Wildman–Crippen MR) is 74.4 cm³/mol. The summed E-state index contributed by atoms with van der Waals surface area (Å²) in [6.45, 7) is 5.11. The van der Waals surface area contributed by atoms with Gasteiger partial charge in [0.05, 0.1) is 5.69 Å². The topological polar surface area (TPSA) is 29.9 Å². The van der Waals surface area contributed by atoms with Crippen LogP contribution < -0.4 is 5.32 Å². The van der Waals surface area contributed by atoms with Crippen LogP contribution in [0.15, 0.2) is 35.1 Å². The molecule has 5 heteroatoms. The van der Waals surface area contributed by atoms with Gasteiger partial charge in [-0.25, -0.2) is 9.37 Å². The zero-order chi connectivity index (χ0) is 13.1. The molecule has 1 aromatic heterocycles. The van der Waals surface area contributed by atoms with Crippen LogP contribution in [-0.4, -0.2) is 9.55 Å². The number of halogens is 2. The molecule has 0 aliphatic heterocycles. The first-order chi connectivity index (χ1) is 8.56. The normalized spacial score (nSPS) is 10.9. The second kappa shape index (κ2) is 5.52. The minimum atomic E-state index is -0.302. The summed E-state index contributed by atoms with van der Waals surface area (Å²) in [6, 6.07) is 4.91. The lowest BCUT2D eigenvalue weighted by Crippen LogP contribution is -2.08. The van der Waals surface area contributed by atoms with Crippen LogP contribution in [0.1, 0.15) is 13.8 Å². The standard InChI is InChI=1S/C13H15BrFN3/c1-9(2)8-18-6-5-16-13(18)17-12-4-3-10(14)7-11(12)15/h3-7,9H,8H2,1-2H3,(H,16,17). The van der Waals surface area contributed by atoms with Gasteiger partial charge in [0.15, 0.2) is 0 Å². The monoisotopic (exact) mass is 311 g/mol. The number of hydrogen-bond acceptors (Lipinski definition) is 2. The van der Waals surface area contributed by atoms with Gasteiger partial charge in [-0.3, -0.25) is 0 Å². The van der Waals surface area contributed by atoms with Crippen molar-refractivity contribution in [3.05, 3.63) is 40.9 Å². The maximum absolute atomic E-state index is 13.7. The van der Waals surface area contributed by atoms with E-state index in [1.54, 1.807) is 18.3 Å². The molecule has 0 aliphatic carbocycles. The Morgan fingerprint density at radius 2 is 2.22 bits per heavy atom. The zero-order valence-electron chi connectivity index (χ0n) is 10.3. The van der Waals surface area contributed by atoms with E-state index in [4.69, 9.17) is 0 Å². The molecule has 1 N–H and O–H groups in total. The highest BCUT2D eigenvalue weighted by atomic mass is 79.9. The second-order valence-corrected chi connectivity index (χ2v) is 5.46. The van der Waals surface area contributed by atoms with Crippen LogP contribution >= 0.6 is 15.9 Å². The molecule has 96 valence electrons. The van der Waals surface area contributed by atoms with Gasteiger partial charge in [-0.05, 0) is 24.1 Å². The highest BCUT2D eigenvalue weighted by molar-refractivity contribution is 9.10. The predicted octanol–water partition coefficient (Wildman–Crippen LogP) is 4.18. The summed E-state index contributed by atoms with van der Waals surface area (Å²) in [6.07, 6.45) is 3.60. The molecule has 0 amide bonds. The summed E-state index contributed by atoms with van der Waals surface area (Å²) in [5, 5.41) is 3.01. The average molecular weight is 312 g/mol. The van der Waals surface area contributed by atoms with E-state index in [0.717, 1.165) is 11.0 Å². The van der Waals surface area contributed by atoms with Crippen molar-refractivity contribution in [3.63, 3.8) is 0 Å². The molecule has 0 bridgehead atoms. The van der Waals surface area contributed by atoms with Crippen molar-refractivity contribution in [2.45, 2.75) is 20.4 Å². The number of hydrogen-bond donors (Lipinski definition) is 1. The molecule has 0 spiro atoms. The van der Waals surface area contributed by atoms with E-state index in [-0.39, 0.29) is 5.82 Å². The number of nitrogens with one attached hydrogen (secondary N) is 1. The van der Waals surface area contributed by atoms with Crippen LogP contribution in [0.2, 0.25) is 0 Å². The summed E-state index contributed by atoms with van der Waals surface area (Å²) >= 11 is 3.23. The molecular weight excluding hydrogens is 297 g/mol. The fourth-order valence-corrected chi connectivity index (χ4v) is 2.02. The molecule has 0 saturated heterocycles. The summed E-state index contributed by atoms with van der Waals surface area (Å²) < 4.78 is 16.4. The molecule has 0 unspecified atom stereocenters. The summed E-state index contributed by atoms with van der Waals surface area (Å²) in [5.41, 5.74) is 0.425. The maximum Gasteiger partial charge on any atom is 0.207 e. The number of rotatable bonds is 4. The van der Waals surface area contributed by atoms with Crippen molar-refractivity contribution in [3.8, 4) is 0 Å². The third-order valence-corrected chi connectivity index (χ3v) is 2.95. The zero-order valence-corrected chi connectivity index (χ0v) is 11.9. The Morgan fingerprint density at radius 3 is 2.89 bits per heavy atom. The molecule has 2 aromatic rings. The number of imidazole rings is 1. The molecule has 0 radical (unpaired) electrons. The Hall–Kier alpha value is -1.36. The van der Waals surface area contributed by atoms with Crippen molar-refractivity contribution in [2.24, 2.45) is 5.92 Å². The smallest absolute Gasteiger partial charge is 0.207 e. The molecule has 2 rings (SSSR count). The van der Waals surface area contributed by atoms with Crippen molar-refractivity contribution in [1.29, 1.82) is 0 Å². The first-order valence-electron chi connectivity index (χ1n) is 5.79. The summed E-state index contributed by atoms with van der Waals surface area (Å²) in [5.74, 6) is 0.864. The van der Waals surface area contributed by atoms with Crippen molar-refractivity contribution in [1.82, 2.24) is 9.55 Å². The third-order valence-electron chi connectivity index (χ3n) is 2.45. The van der Waals surface area contributed by atoms with E-state index >= 15 is 0 Å². The van der Waals surface area contributed by atoms with E-state index in [9.17, 15) is 4.39 Å². The Bertz CT molecular complexity index is 537. The molecule has 0 saturated carbocycles. The van der Waals surface area contributed by atoms with Crippen LogP contribution in [-0.2, 0) is 6.54 Å². The first kappa shape index (κ1) is 13.1. The van der Waals surface area contributed by atoms with Crippen LogP contribution in [0.3, 0.4) is 0 Å². The van der Waals surface area contributed by atoms with E-state index in [0.29, 0.717) is 17.6 Å². The SMILES string of the molecule is CC(C)Cn1ccnc1Nc1ccc(Br)cc1F. The molecule has 3 nitrogen and oxygen atoms in total. The highest BCUT2D eigenvalue weighted by Gasteiger charge is 2.08. The van der Waals surface area contributed by atoms with Gasteiger partial charge in [0.1, 0.15) is 5.82 Å². The molecule has 0 atom stereocenters. The molecule has 0 fully saturated rings. The van der Waals surface area contributed by atoms with Crippen molar-refractivity contribution < 1.29 is 4.39 Å². The second-order valence-electron chi connectivity index (χ2n) is 4.55. The molecule has 0 aliphatic rings. The lowest BCUT2D eigenvalue weighted by Gasteiger charge is -2.12.